The Bertz CT molecular complexity index is 205. The van der Waals surface area contributed by atoms with Gasteiger partial charge in [0.15, 0.2) is 0 Å². The van der Waals surface area contributed by atoms with E-state index in [4.69, 9.17) is 5.73 Å². The van der Waals surface area contributed by atoms with E-state index in [2.05, 4.69) is 0 Å². The van der Waals surface area contributed by atoms with Gasteiger partial charge in [-0.25, -0.2) is 0 Å². The summed E-state index contributed by atoms with van der Waals surface area (Å²) >= 11 is 0. The third kappa shape index (κ3) is 1.57. The molecule has 1 saturated carbocycles. The summed E-state index contributed by atoms with van der Waals surface area (Å²) in [6.45, 7) is 1.86. The van der Waals surface area contributed by atoms with Gasteiger partial charge < -0.3 is 10.6 Å². The number of rotatable bonds is 1. The molecule has 0 unspecified atom stereocenters. The molecule has 1 heterocycles. The van der Waals surface area contributed by atoms with Crippen LogP contribution in [-0.4, -0.2) is 29.4 Å². The van der Waals surface area contributed by atoms with Crippen molar-refractivity contribution in [1.82, 2.24) is 4.90 Å². The van der Waals surface area contributed by atoms with Crippen LogP contribution in [0.2, 0.25) is 0 Å². The zero-order chi connectivity index (χ0) is 9.31. The summed E-state index contributed by atoms with van der Waals surface area (Å²) in [7, 11) is 0. The Labute approximate surface area is 79.3 Å². The minimum absolute atomic E-state index is 0.207. The third-order valence-electron chi connectivity index (χ3n) is 3.31. The summed E-state index contributed by atoms with van der Waals surface area (Å²) in [5, 5.41) is 0. The van der Waals surface area contributed by atoms with Gasteiger partial charge in [0.25, 0.3) is 0 Å². The van der Waals surface area contributed by atoms with Gasteiger partial charge in [0.05, 0.1) is 5.54 Å². The van der Waals surface area contributed by atoms with Gasteiger partial charge in [0, 0.05) is 13.1 Å². The quantitative estimate of drug-likeness (QED) is 0.654. The van der Waals surface area contributed by atoms with Crippen LogP contribution in [0.25, 0.3) is 0 Å². The van der Waals surface area contributed by atoms with Crippen LogP contribution in [0.3, 0.4) is 0 Å². The van der Waals surface area contributed by atoms with Crippen LogP contribution in [0.15, 0.2) is 0 Å². The van der Waals surface area contributed by atoms with Crippen molar-refractivity contribution in [3.05, 3.63) is 0 Å². The summed E-state index contributed by atoms with van der Waals surface area (Å²) in [4.78, 5) is 13.9. The maximum absolute atomic E-state index is 11.9. The smallest absolute Gasteiger partial charge is 0.242 e. The highest BCUT2D eigenvalue weighted by Gasteiger charge is 2.42. The fraction of sp³-hybridized carbons (Fsp3) is 0.900. The topological polar surface area (TPSA) is 46.3 Å². The van der Waals surface area contributed by atoms with Crippen molar-refractivity contribution in [2.24, 2.45) is 5.73 Å². The molecular formula is C10H18N2O. The average Bonchev–Trinajstić information content (AvgIpc) is 2.14. The Morgan fingerprint density at radius 2 is 1.69 bits per heavy atom. The van der Waals surface area contributed by atoms with Gasteiger partial charge in [-0.15, -0.1) is 0 Å². The standard InChI is InChI=1S/C10H18N2O/c11-10(5-4-6-10)9(13)12-7-2-1-3-8-12/h1-8,11H2. The highest BCUT2D eigenvalue weighted by atomic mass is 16.2. The van der Waals surface area contributed by atoms with Crippen LogP contribution in [0.1, 0.15) is 38.5 Å². The van der Waals surface area contributed by atoms with Gasteiger partial charge in [-0.1, -0.05) is 0 Å². The number of carbonyl (C=O) groups excluding carboxylic acids is 1. The van der Waals surface area contributed by atoms with E-state index < -0.39 is 5.54 Å². The van der Waals surface area contributed by atoms with Gasteiger partial charge in [-0.3, -0.25) is 4.79 Å². The molecule has 0 radical (unpaired) electrons. The lowest BCUT2D eigenvalue weighted by Gasteiger charge is -2.41. The van der Waals surface area contributed by atoms with Gasteiger partial charge in [-0.05, 0) is 38.5 Å². The SMILES string of the molecule is NC1(C(=O)N2CCCCC2)CCC1. The van der Waals surface area contributed by atoms with Crippen molar-refractivity contribution in [2.75, 3.05) is 13.1 Å². The zero-order valence-corrected chi connectivity index (χ0v) is 8.09. The molecule has 1 amide bonds. The molecule has 0 spiro atoms. The lowest BCUT2D eigenvalue weighted by Crippen LogP contribution is -2.60. The first-order valence-electron chi connectivity index (χ1n) is 5.31. The van der Waals surface area contributed by atoms with Gasteiger partial charge >= 0.3 is 0 Å². The number of amides is 1. The predicted molar refractivity (Wildman–Crippen MR) is 51.2 cm³/mol. The maximum Gasteiger partial charge on any atom is 0.242 e. The second-order valence-corrected chi connectivity index (χ2v) is 4.36. The third-order valence-corrected chi connectivity index (χ3v) is 3.31. The van der Waals surface area contributed by atoms with E-state index in [0.717, 1.165) is 45.2 Å². The number of hydrogen-bond donors (Lipinski definition) is 1. The molecule has 3 heteroatoms. The second kappa shape index (κ2) is 3.29. The van der Waals surface area contributed by atoms with E-state index in [1.54, 1.807) is 0 Å². The zero-order valence-electron chi connectivity index (χ0n) is 8.09. The number of nitrogens with zero attached hydrogens (tertiary/aromatic N) is 1. The number of hydrogen-bond acceptors (Lipinski definition) is 2. The predicted octanol–water partition coefficient (Wildman–Crippen LogP) is 0.880. The normalized spacial score (nSPS) is 26.7. The van der Waals surface area contributed by atoms with Crippen LogP contribution in [0, 0.1) is 0 Å². The first kappa shape index (κ1) is 9.00. The van der Waals surface area contributed by atoms with Crippen molar-refractivity contribution >= 4 is 5.91 Å². The summed E-state index contributed by atoms with van der Waals surface area (Å²) < 4.78 is 0. The molecular weight excluding hydrogens is 164 g/mol. The highest BCUT2D eigenvalue weighted by molar-refractivity contribution is 5.87. The molecule has 2 fully saturated rings. The minimum atomic E-state index is -0.475. The summed E-state index contributed by atoms with van der Waals surface area (Å²) in [5.41, 5.74) is 5.51. The van der Waals surface area contributed by atoms with Gasteiger partial charge in [0.1, 0.15) is 0 Å². The number of nitrogens with two attached hydrogens (primary N) is 1. The Morgan fingerprint density at radius 1 is 1.08 bits per heavy atom. The molecule has 1 aliphatic heterocycles. The average molecular weight is 182 g/mol. The van der Waals surface area contributed by atoms with Crippen molar-refractivity contribution in [3.8, 4) is 0 Å². The molecule has 2 aliphatic rings. The molecule has 0 bridgehead atoms. The van der Waals surface area contributed by atoms with E-state index in [-0.39, 0.29) is 5.91 Å². The second-order valence-electron chi connectivity index (χ2n) is 4.36. The highest BCUT2D eigenvalue weighted by Crippen LogP contribution is 2.31. The first-order valence-corrected chi connectivity index (χ1v) is 5.31. The lowest BCUT2D eigenvalue weighted by atomic mass is 9.76. The van der Waals surface area contributed by atoms with Crippen LogP contribution in [0.4, 0.5) is 0 Å². The van der Waals surface area contributed by atoms with E-state index in [1.807, 2.05) is 4.90 Å². The molecule has 2 N–H and O–H groups in total. The minimum Gasteiger partial charge on any atom is -0.341 e. The molecule has 1 saturated heterocycles. The van der Waals surface area contributed by atoms with E-state index in [1.165, 1.54) is 6.42 Å². The van der Waals surface area contributed by atoms with Crippen molar-refractivity contribution in [2.45, 2.75) is 44.1 Å². The monoisotopic (exact) mass is 182 g/mol. The number of likely N-dealkylation sites (tertiary alicyclic amines) is 1. The molecule has 74 valence electrons. The molecule has 0 atom stereocenters. The molecule has 2 rings (SSSR count). The molecule has 0 aromatic rings. The van der Waals surface area contributed by atoms with Crippen LogP contribution in [0.5, 0.6) is 0 Å². The Kier molecular flexibility index (Phi) is 2.28. The molecule has 3 nitrogen and oxygen atoms in total. The van der Waals surface area contributed by atoms with Gasteiger partial charge in [0.2, 0.25) is 5.91 Å². The fourth-order valence-corrected chi connectivity index (χ4v) is 2.18. The lowest BCUT2D eigenvalue weighted by molar-refractivity contribution is -0.141. The maximum atomic E-state index is 11.9. The van der Waals surface area contributed by atoms with E-state index >= 15 is 0 Å². The first-order chi connectivity index (χ1) is 6.22. The molecule has 0 aromatic heterocycles. The summed E-state index contributed by atoms with van der Waals surface area (Å²) in [6.07, 6.45) is 6.48. The van der Waals surface area contributed by atoms with E-state index in [9.17, 15) is 4.79 Å². The Hall–Kier alpha value is -0.570. The molecule has 1 aliphatic carbocycles. The van der Waals surface area contributed by atoms with Crippen molar-refractivity contribution in [1.29, 1.82) is 0 Å². The van der Waals surface area contributed by atoms with Crippen molar-refractivity contribution in [3.63, 3.8) is 0 Å². The largest absolute Gasteiger partial charge is 0.341 e. The van der Waals surface area contributed by atoms with Crippen LogP contribution in [-0.2, 0) is 4.79 Å². The molecule has 13 heavy (non-hydrogen) atoms. The summed E-state index contributed by atoms with van der Waals surface area (Å²) in [5.74, 6) is 0.207. The van der Waals surface area contributed by atoms with E-state index in [0.29, 0.717) is 0 Å². The Balaban J connectivity index is 1.95. The fourth-order valence-electron chi connectivity index (χ4n) is 2.18. The molecule has 0 aromatic carbocycles. The van der Waals surface area contributed by atoms with Crippen molar-refractivity contribution < 1.29 is 4.79 Å². The summed E-state index contributed by atoms with van der Waals surface area (Å²) in [6, 6.07) is 0. The number of carbonyl (C=O) groups is 1. The Morgan fingerprint density at radius 3 is 2.15 bits per heavy atom. The van der Waals surface area contributed by atoms with Crippen LogP contribution >= 0.6 is 0 Å². The van der Waals surface area contributed by atoms with Crippen LogP contribution < -0.4 is 5.73 Å². The number of piperidine rings is 1. The van der Waals surface area contributed by atoms with Gasteiger partial charge in [-0.2, -0.15) is 0 Å².